The van der Waals surface area contributed by atoms with Gasteiger partial charge in [-0.05, 0) is 38.9 Å². The third kappa shape index (κ3) is 6.17. The summed E-state index contributed by atoms with van der Waals surface area (Å²) >= 11 is 0. The third-order valence-electron chi connectivity index (χ3n) is 6.65. The monoisotopic (exact) mass is 487 g/mol. The first-order valence-electron chi connectivity index (χ1n) is 11.7. The highest BCUT2D eigenvalue weighted by molar-refractivity contribution is 5.74. The number of aliphatic hydroxyl groups excluding tert-OH is 2. The van der Waals surface area contributed by atoms with Crippen LogP contribution in [-0.2, 0) is 18.9 Å². The van der Waals surface area contributed by atoms with Crippen molar-refractivity contribution in [1.29, 1.82) is 5.41 Å². The molecule has 11 atom stereocenters. The standard InChI is InChI=1S/C21H41N7O6/c1-9-8-31-20(15(29)14(9)27-3)34-18-12(23)6-11(22)17(16(18)30)33-19-13(28-21(24)25)5-4-10(32-19)7-26-2/h4,9,11-20,26-27,29-30H,5-8,22-23H2,1-3H3,(H4,24,25,28)/t9-,11+,12-,13-,14+,15-,16+,17-,18+,19-,20-/m1/s1. The average Bonchev–Trinajstić information content (AvgIpc) is 2.77. The molecule has 1 aliphatic carbocycles. The van der Waals surface area contributed by atoms with Gasteiger partial charge in [-0.15, -0.1) is 0 Å². The molecule has 3 aliphatic rings. The van der Waals surface area contributed by atoms with Crippen LogP contribution in [0.4, 0.5) is 0 Å². The molecule has 0 unspecified atom stereocenters. The molecule has 1 saturated carbocycles. The van der Waals surface area contributed by atoms with Gasteiger partial charge in [0.15, 0.2) is 12.2 Å². The average molecular weight is 488 g/mol. The molecule has 0 radical (unpaired) electrons. The number of rotatable bonds is 8. The Morgan fingerprint density at radius 3 is 2.38 bits per heavy atom. The molecular weight excluding hydrogens is 446 g/mol. The zero-order chi connectivity index (χ0) is 25.0. The topological polar surface area (TPSA) is 215 Å². The van der Waals surface area contributed by atoms with E-state index in [1.807, 2.05) is 13.0 Å². The molecule has 1 saturated heterocycles. The molecule has 2 aliphatic heterocycles. The van der Waals surface area contributed by atoms with Crippen molar-refractivity contribution < 1.29 is 29.2 Å². The molecule has 0 bridgehead atoms. The first-order chi connectivity index (χ1) is 16.2. The van der Waals surface area contributed by atoms with Crippen molar-refractivity contribution in [2.24, 2.45) is 23.1 Å². The maximum atomic E-state index is 11.2. The first kappa shape index (κ1) is 27.0. The van der Waals surface area contributed by atoms with Crippen LogP contribution in [0.3, 0.4) is 0 Å². The molecule has 12 N–H and O–H groups in total. The maximum absolute atomic E-state index is 11.2. The number of likely N-dealkylation sites (N-methyl/N-ethyl adjacent to an activating group) is 2. The number of nitrogens with one attached hydrogen (secondary N) is 4. The Morgan fingerprint density at radius 2 is 1.79 bits per heavy atom. The summed E-state index contributed by atoms with van der Waals surface area (Å²) in [6.45, 7) is 2.85. The summed E-state index contributed by atoms with van der Waals surface area (Å²) in [4.78, 5) is 0. The van der Waals surface area contributed by atoms with Crippen molar-refractivity contribution in [2.45, 2.75) is 80.9 Å². The number of aliphatic hydroxyl groups is 2. The molecule has 3 rings (SSSR count). The van der Waals surface area contributed by atoms with Crippen LogP contribution in [0.1, 0.15) is 19.8 Å². The van der Waals surface area contributed by atoms with Gasteiger partial charge in [-0.1, -0.05) is 6.92 Å². The van der Waals surface area contributed by atoms with Crippen LogP contribution in [0.25, 0.3) is 0 Å². The van der Waals surface area contributed by atoms with Crippen LogP contribution in [-0.4, -0.2) is 105 Å². The number of nitrogens with two attached hydrogens (primary N) is 3. The van der Waals surface area contributed by atoms with Gasteiger partial charge < -0.3 is 62.3 Å². The van der Waals surface area contributed by atoms with Gasteiger partial charge in [0.05, 0.1) is 19.2 Å². The van der Waals surface area contributed by atoms with E-state index in [0.717, 1.165) is 0 Å². The van der Waals surface area contributed by atoms with Gasteiger partial charge in [0.1, 0.15) is 30.2 Å². The van der Waals surface area contributed by atoms with Crippen LogP contribution in [0.2, 0.25) is 0 Å². The molecule has 2 heterocycles. The summed E-state index contributed by atoms with van der Waals surface area (Å²) in [5.74, 6) is 0.535. The van der Waals surface area contributed by atoms with Crippen molar-refractivity contribution in [2.75, 3.05) is 27.2 Å². The molecule has 0 spiro atoms. The molecule has 13 heteroatoms. The Kier molecular flexibility index (Phi) is 9.49. The zero-order valence-corrected chi connectivity index (χ0v) is 20.0. The van der Waals surface area contributed by atoms with E-state index in [9.17, 15) is 10.2 Å². The summed E-state index contributed by atoms with van der Waals surface area (Å²) in [7, 11) is 3.56. The van der Waals surface area contributed by atoms with Crippen molar-refractivity contribution >= 4 is 5.96 Å². The minimum absolute atomic E-state index is 0.0864. The highest BCUT2D eigenvalue weighted by atomic mass is 16.7. The molecule has 2 fully saturated rings. The van der Waals surface area contributed by atoms with E-state index < -0.39 is 55.1 Å². The fourth-order valence-electron chi connectivity index (χ4n) is 4.86. The van der Waals surface area contributed by atoms with E-state index in [1.54, 1.807) is 14.1 Å². The summed E-state index contributed by atoms with van der Waals surface area (Å²) < 4.78 is 23.9. The summed E-state index contributed by atoms with van der Waals surface area (Å²) in [6, 6.07) is -1.86. The Bertz CT molecular complexity index is 715. The minimum atomic E-state index is -1.21. The van der Waals surface area contributed by atoms with Gasteiger partial charge in [-0.2, -0.15) is 0 Å². The number of hydrogen-bond acceptors (Lipinski definition) is 11. The van der Waals surface area contributed by atoms with Crippen LogP contribution >= 0.6 is 0 Å². The van der Waals surface area contributed by atoms with E-state index in [4.69, 9.17) is 41.6 Å². The van der Waals surface area contributed by atoms with Gasteiger partial charge in [0, 0.05) is 18.1 Å². The number of hydrogen-bond donors (Lipinski definition) is 9. The Morgan fingerprint density at radius 1 is 1.15 bits per heavy atom. The van der Waals surface area contributed by atoms with Crippen molar-refractivity contribution in [3.8, 4) is 0 Å². The fraction of sp³-hybridized carbons (Fsp3) is 0.857. The summed E-state index contributed by atoms with van der Waals surface area (Å²) in [5.41, 5.74) is 18.1. The fourth-order valence-corrected chi connectivity index (χ4v) is 4.86. The molecule has 13 nitrogen and oxygen atoms in total. The van der Waals surface area contributed by atoms with Crippen LogP contribution < -0.4 is 33.2 Å². The summed E-state index contributed by atoms with van der Waals surface area (Å²) in [5, 5.41) is 38.4. The second-order valence-electron chi connectivity index (χ2n) is 9.33. The van der Waals surface area contributed by atoms with E-state index in [2.05, 4.69) is 16.0 Å². The summed E-state index contributed by atoms with van der Waals surface area (Å²) in [6.07, 6.45) is -3.02. The van der Waals surface area contributed by atoms with Gasteiger partial charge in [-0.25, -0.2) is 0 Å². The smallest absolute Gasteiger partial charge is 0.220 e. The first-order valence-corrected chi connectivity index (χ1v) is 11.7. The molecule has 196 valence electrons. The molecule has 34 heavy (non-hydrogen) atoms. The second-order valence-corrected chi connectivity index (χ2v) is 9.33. The molecule has 0 aromatic carbocycles. The van der Waals surface area contributed by atoms with Gasteiger partial charge in [-0.3, -0.25) is 5.41 Å². The van der Waals surface area contributed by atoms with E-state index in [0.29, 0.717) is 31.8 Å². The third-order valence-corrected chi connectivity index (χ3v) is 6.65. The lowest BCUT2D eigenvalue weighted by Gasteiger charge is -2.47. The molecule has 0 amide bonds. The quantitative estimate of drug-likeness (QED) is 0.122. The van der Waals surface area contributed by atoms with Crippen molar-refractivity contribution in [3.63, 3.8) is 0 Å². The Hall–Kier alpha value is -1.55. The van der Waals surface area contributed by atoms with Crippen molar-refractivity contribution in [3.05, 3.63) is 11.8 Å². The normalized spacial score (nSPS) is 43.0. The molecule has 0 aromatic rings. The largest absolute Gasteiger partial charge is 0.466 e. The number of ether oxygens (including phenoxy) is 4. The predicted octanol–water partition coefficient (Wildman–Crippen LogP) is -3.18. The lowest BCUT2D eigenvalue weighted by atomic mass is 9.84. The Labute approximate surface area is 200 Å². The van der Waals surface area contributed by atoms with E-state index in [1.165, 1.54) is 0 Å². The van der Waals surface area contributed by atoms with Gasteiger partial charge in [0.2, 0.25) is 6.29 Å². The minimum Gasteiger partial charge on any atom is -0.466 e. The molecular formula is C21H41N7O6. The highest BCUT2D eigenvalue weighted by Crippen LogP contribution is 2.30. The maximum Gasteiger partial charge on any atom is 0.220 e. The van der Waals surface area contributed by atoms with Crippen LogP contribution in [0.5, 0.6) is 0 Å². The Balaban J connectivity index is 1.72. The van der Waals surface area contributed by atoms with Gasteiger partial charge in [0.25, 0.3) is 0 Å². The lowest BCUT2D eigenvalue weighted by molar-refractivity contribution is -0.286. The van der Waals surface area contributed by atoms with Crippen LogP contribution in [0.15, 0.2) is 11.8 Å². The second kappa shape index (κ2) is 11.9. The van der Waals surface area contributed by atoms with Gasteiger partial charge >= 0.3 is 0 Å². The van der Waals surface area contributed by atoms with Crippen molar-refractivity contribution in [1.82, 2.24) is 16.0 Å². The SMILES string of the molecule is CNCC1=CC[C@@H](NC(=N)N)[C@@H](O[C@H]2[C@H](O)[C@@H](O[C@H]3OC[C@@H](C)[C@H](NC)[C@H]3O)[C@H](N)C[C@@H]2N)O1. The molecule has 0 aromatic heterocycles. The zero-order valence-electron chi connectivity index (χ0n) is 20.0. The van der Waals surface area contributed by atoms with E-state index in [-0.39, 0.29) is 17.9 Å². The highest BCUT2D eigenvalue weighted by Gasteiger charge is 2.48. The lowest BCUT2D eigenvalue weighted by Crippen LogP contribution is -2.66. The van der Waals surface area contributed by atoms with E-state index >= 15 is 0 Å². The number of guanidine groups is 1. The predicted molar refractivity (Wildman–Crippen MR) is 124 cm³/mol. The van der Waals surface area contributed by atoms with Crippen LogP contribution in [0, 0.1) is 11.3 Å².